The van der Waals surface area contributed by atoms with Gasteiger partial charge >= 0.3 is 6.03 Å². The van der Waals surface area contributed by atoms with Gasteiger partial charge in [0.2, 0.25) is 0 Å². The highest BCUT2D eigenvalue weighted by Crippen LogP contribution is 2.31. The maximum atomic E-state index is 13.1. The van der Waals surface area contributed by atoms with Gasteiger partial charge in [-0.3, -0.25) is 4.79 Å². The fraction of sp³-hybridized carbons (Fsp3) is 0.263. The normalized spacial score (nSPS) is 16.8. The van der Waals surface area contributed by atoms with E-state index >= 15 is 0 Å². The number of benzene rings is 2. The smallest absolute Gasteiger partial charge is 0.316 e. The third-order valence-corrected chi connectivity index (χ3v) is 4.38. The van der Waals surface area contributed by atoms with Gasteiger partial charge in [-0.1, -0.05) is 24.3 Å². The summed E-state index contributed by atoms with van der Waals surface area (Å²) in [4.78, 5) is 26.0. The number of piperazine rings is 1. The number of rotatable bonds is 4. The highest BCUT2D eigenvalue weighted by atomic mass is 16.5. The number of para-hydroxylation sites is 1. The van der Waals surface area contributed by atoms with Gasteiger partial charge in [-0.05, 0) is 24.3 Å². The number of anilines is 1. The maximum Gasteiger partial charge on any atom is 0.316 e. The molecule has 2 aromatic rings. The van der Waals surface area contributed by atoms with Gasteiger partial charge in [0.15, 0.2) is 0 Å². The first kappa shape index (κ1) is 17.8. The Morgan fingerprint density at radius 1 is 1.23 bits per heavy atom. The Morgan fingerprint density at radius 2 is 2.04 bits per heavy atom. The zero-order valence-electron chi connectivity index (χ0n) is 14.6. The van der Waals surface area contributed by atoms with Crippen LogP contribution >= 0.6 is 0 Å². The molecular weight excluding hydrogens is 332 g/mol. The average molecular weight is 354 g/mol. The fourth-order valence-corrected chi connectivity index (χ4v) is 3.21. The van der Waals surface area contributed by atoms with Crippen molar-refractivity contribution in [3.05, 3.63) is 59.7 Å². The Labute approximate surface area is 152 Å². The quantitative estimate of drug-likeness (QED) is 0.782. The van der Waals surface area contributed by atoms with Crippen molar-refractivity contribution in [1.29, 1.82) is 0 Å². The molecule has 0 radical (unpaired) electrons. The summed E-state index contributed by atoms with van der Waals surface area (Å²) in [6.45, 7) is 1.94. The van der Waals surface area contributed by atoms with E-state index in [1.807, 2.05) is 29.2 Å². The molecule has 1 saturated heterocycles. The second-order valence-electron chi connectivity index (χ2n) is 6.03. The molecule has 0 aliphatic carbocycles. The summed E-state index contributed by atoms with van der Waals surface area (Å²) in [5.74, 6) is 0.652. The van der Waals surface area contributed by atoms with Crippen molar-refractivity contribution < 1.29 is 14.3 Å². The molecule has 1 heterocycles. The molecule has 1 fully saturated rings. The molecular formula is C19H22N4O3. The number of ether oxygens (including phenoxy) is 1. The topological polar surface area (TPSA) is 96.7 Å². The second-order valence-corrected chi connectivity index (χ2v) is 6.03. The Balaban J connectivity index is 1.90. The van der Waals surface area contributed by atoms with Crippen LogP contribution in [-0.4, -0.2) is 43.6 Å². The maximum absolute atomic E-state index is 13.1. The van der Waals surface area contributed by atoms with Crippen molar-refractivity contribution in [3.63, 3.8) is 0 Å². The van der Waals surface area contributed by atoms with E-state index in [1.54, 1.807) is 31.4 Å². The third kappa shape index (κ3) is 3.78. The molecule has 0 bridgehead atoms. The molecule has 2 aromatic carbocycles. The predicted octanol–water partition coefficient (Wildman–Crippen LogP) is 1.97. The molecule has 1 aliphatic heterocycles. The van der Waals surface area contributed by atoms with Crippen LogP contribution in [0.5, 0.6) is 5.75 Å². The number of hydrogen-bond acceptors (Lipinski definition) is 4. The van der Waals surface area contributed by atoms with Crippen LogP contribution in [0.15, 0.2) is 48.5 Å². The van der Waals surface area contributed by atoms with Gasteiger partial charge in [0.25, 0.3) is 5.91 Å². The van der Waals surface area contributed by atoms with E-state index in [2.05, 4.69) is 10.6 Å². The van der Waals surface area contributed by atoms with Crippen molar-refractivity contribution in [2.75, 3.05) is 32.1 Å². The number of carbonyl (C=O) groups is 2. The van der Waals surface area contributed by atoms with Gasteiger partial charge < -0.3 is 26.0 Å². The van der Waals surface area contributed by atoms with Gasteiger partial charge in [0.05, 0.1) is 13.2 Å². The van der Waals surface area contributed by atoms with Crippen molar-refractivity contribution in [2.45, 2.75) is 6.04 Å². The van der Waals surface area contributed by atoms with E-state index < -0.39 is 6.03 Å². The lowest BCUT2D eigenvalue weighted by molar-refractivity contribution is 0.0631. The van der Waals surface area contributed by atoms with Gasteiger partial charge in [0.1, 0.15) is 5.75 Å². The summed E-state index contributed by atoms with van der Waals surface area (Å²) in [5.41, 5.74) is 7.11. The van der Waals surface area contributed by atoms with Crippen LogP contribution in [0, 0.1) is 0 Å². The van der Waals surface area contributed by atoms with E-state index in [0.29, 0.717) is 24.3 Å². The number of carbonyl (C=O) groups excluding carboxylic acids is 2. The molecule has 0 spiro atoms. The molecule has 4 N–H and O–H groups in total. The SMILES string of the molecule is COc1ccccc1C1CNCCN1C(=O)c1cccc(NC(N)=O)c1. The number of nitrogens with two attached hydrogens (primary N) is 1. The van der Waals surface area contributed by atoms with Gasteiger partial charge in [-0.25, -0.2) is 4.79 Å². The number of hydrogen-bond donors (Lipinski definition) is 3. The van der Waals surface area contributed by atoms with E-state index in [-0.39, 0.29) is 11.9 Å². The minimum absolute atomic E-state index is 0.101. The number of amides is 3. The standard InChI is InChI=1S/C19H22N4O3/c1-26-17-8-3-2-7-15(17)16-12-21-9-10-23(16)18(24)13-5-4-6-14(11-13)22-19(20)25/h2-8,11,16,21H,9-10,12H2,1H3,(H3,20,22,25). The lowest BCUT2D eigenvalue weighted by atomic mass is 10.0. The molecule has 0 aromatic heterocycles. The van der Waals surface area contributed by atoms with Crippen LogP contribution in [0.3, 0.4) is 0 Å². The molecule has 136 valence electrons. The molecule has 3 amide bonds. The molecule has 26 heavy (non-hydrogen) atoms. The zero-order valence-corrected chi connectivity index (χ0v) is 14.6. The van der Waals surface area contributed by atoms with E-state index in [9.17, 15) is 9.59 Å². The fourth-order valence-electron chi connectivity index (χ4n) is 3.21. The minimum Gasteiger partial charge on any atom is -0.496 e. The van der Waals surface area contributed by atoms with Gasteiger partial charge in [-0.2, -0.15) is 0 Å². The zero-order chi connectivity index (χ0) is 18.5. The monoisotopic (exact) mass is 354 g/mol. The van der Waals surface area contributed by atoms with Crippen molar-refractivity contribution in [2.24, 2.45) is 5.73 Å². The first-order chi connectivity index (χ1) is 12.6. The number of nitrogens with one attached hydrogen (secondary N) is 2. The summed E-state index contributed by atoms with van der Waals surface area (Å²) in [5, 5.41) is 5.84. The Hall–Kier alpha value is -3.06. The van der Waals surface area contributed by atoms with Gasteiger partial charge in [-0.15, -0.1) is 0 Å². The highest BCUT2D eigenvalue weighted by Gasteiger charge is 2.30. The van der Waals surface area contributed by atoms with E-state index in [4.69, 9.17) is 10.5 Å². The molecule has 1 unspecified atom stereocenters. The lowest BCUT2D eigenvalue weighted by Crippen LogP contribution is -2.48. The van der Waals surface area contributed by atoms with Gasteiger partial charge in [0, 0.05) is 36.4 Å². The summed E-state index contributed by atoms with van der Waals surface area (Å²) >= 11 is 0. The van der Waals surface area contributed by atoms with Crippen LogP contribution in [0.1, 0.15) is 22.0 Å². The molecule has 3 rings (SSSR count). The number of urea groups is 1. The minimum atomic E-state index is -0.663. The van der Waals surface area contributed by atoms with E-state index in [0.717, 1.165) is 17.9 Å². The largest absolute Gasteiger partial charge is 0.496 e. The summed E-state index contributed by atoms with van der Waals surface area (Å²) < 4.78 is 5.47. The van der Waals surface area contributed by atoms with Crippen LogP contribution < -0.4 is 21.1 Å². The third-order valence-electron chi connectivity index (χ3n) is 4.38. The van der Waals surface area contributed by atoms with Crippen molar-refractivity contribution >= 4 is 17.6 Å². The number of nitrogens with zero attached hydrogens (tertiary/aromatic N) is 1. The Morgan fingerprint density at radius 3 is 2.81 bits per heavy atom. The van der Waals surface area contributed by atoms with Crippen LogP contribution in [-0.2, 0) is 0 Å². The lowest BCUT2D eigenvalue weighted by Gasteiger charge is -2.37. The number of methoxy groups -OCH3 is 1. The molecule has 1 aliphatic rings. The van der Waals surface area contributed by atoms with Crippen LogP contribution in [0.4, 0.5) is 10.5 Å². The summed E-state index contributed by atoms with van der Waals surface area (Å²) in [7, 11) is 1.63. The Kier molecular flexibility index (Phi) is 5.38. The second kappa shape index (κ2) is 7.88. The molecule has 7 nitrogen and oxygen atoms in total. The molecule has 0 saturated carbocycles. The molecule has 7 heteroatoms. The summed E-state index contributed by atoms with van der Waals surface area (Å²) in [6, 6.07) is 13.7. The predicted molar refractivity (Wildman–Crippen MR) is 99.3 cm³/mol. The highest BCUT2D eigenvalue weighted by molar-refractivity contribution is 5.97. The number of primary amides is 1. The molecule has 1 atom stereocenters. The first-order valence-electron chi connectivity index (χ1n) is 8.41. The Bertz CT molecular complexity index is 809. The van der Waals surface area contributed by atoms with Crippen molar-refractivity contribution in [3.8, 4) is 5.75 Å². The van der Waals surface area contributed by atoms with Crippen molar-refractivity contribution in [1.82, 2.24) is 10.2 Å². The van der Waals surface area contributed by atoms with Crippen LogP contribution in [0.25, 0.3) is 0 Å². The van der Waals surface area contributed by atoms with E-state index in [1.165, 1.54) is 0 Å². The first-order valence-corrected chi connectivity index (χ1v) is 8.41. The average Bonchev–Trinajstić information content (AvgIpc) is 2.67. The van der Waals surface area contributed by atoms with Crippen LogP contribution in [0.2, 0.25) is 0 Å². The summed E-state index contributed by atoms with van der Waals surface area (Å²) in [6.07, 6.45) is 0.